The fourth-order valence-corrected chi connectivity index (χ4v) is 1.65. The molecule has 0 aliphatic rings. The fraction of sp³-hybridized carbons (Fsp3) is 1.00. The van der Waals surface area contributed by atoms with Gasteiger partial charge in [0.2, 0.25) is 0 Å². The van der Waals surface area contributed by atoms with Crippen molar-refractivity contribution in [2.75, 3.05) is 19.7 Å². The second-order valence-electron chi connectivity index (χ2n) is 3.03. The molecule has 0 spiro atoms. The number of nitrogens with zero attached hydrogens (tertiary/aromatic N) is 1. The average molecular weight is 227 g/mol. The standard InChI is InChI=1S/C7H17NO5S/c1-2-3-4-8(14(11,12)13)5-7(10)6-9/h7,9-10H,2-6H2,1H3,(H,11,12,13). The Morgan fingerprint density at radius 3 is 2.36 bits per heavy atom. The second kappa shape index (κ2) is 6.31. The van der Waals surface area contributed by atoms with Crippen LogP contribution in [-0.2, 0) is 10.3 Å². The zero-order valence-corrected chi connectivity index (χ0v) is 8.94. The lowest BCUT2D eigenvalue weighted by Crippen LogP contribution is -2.39. The molecule has 86 valence electrons. The lowest BCUT2D eigenvalue weighted by molar-refractivity contribution is 0.0766. The van der Waals surface area contributed by atoms with E-state index in [4.69, 9.17) is 14.8 Å². The van der Waals surface area contributed by atoms with Gasteiger partial charge in [0.1, 0.15) is 0 Å². The van der Waals surface area contributed by atoms with Crippen LogP contribution >= 0.6 is 0 Å². The molecule has 0 aromatic rings. The Labute approximate surface area is 84.0 Å². The number of hydrogen-bond donors (Lipinski definition) is 3. The smallest absolute Gasteiger partial charge is 0.335 e. The summed E-state index contributed by atoms with van der Waals surface area (Å²) in [7, 11) is -4.28. The van der Waals surface area contributed by atoms with Gasteiger partial charge in [0.15, 0.2) is 0 Å². The van der Waals surface area contributed by atoms with Crippen LogP contribution in [0.25, 0.3) is 0 Å². The third-order valence-electron chi connectivity index (χ3n) is 1.71. The number of aliphatic hydroxyl groups excluding tert-OH is 2. The molecule has 3 N–H and O–H groups in total. The molecule has 0 aromatic carbocycles. The molecule has 0 aliphatic heterocycles. The van der Waals surface area contributed by atoms with Crippen LogP contribution in [0.15, 0.2) is 0 Å². The van der Waals surface area contributed by atoms with Gasteiger partial charge in [0, 0.05) is 13.1 Å². The van der Waals surface area contributed by atoms with Crippen LogP contribution in [0.1, 0.15) is 19.8 Å². The van der Waals surface area contributed by atoms with Gasteiger partial charge in [0.25, 0.3) is 0 Å². The van der Waals surface area contributed by atoms with Crippen LogP contribution in [0.5, 0.6) is 0 Å². The maximum Gasteiger partial charge on any atom is 0.335 e. The van der Waals surface area contributed by atoms with Crippen molar-refractivity contribution in [1.29, 1.82) is 0 Å². The number of unbranched alkanes of at least 4 members (excludes halogenated alkanes) is 1. The van der Waals surface area contributed by atoms with Crippen LogP contribution in [0.3, 0.4) is 0 Å². The summed E-state index contributed by atoms with van der Waals surface area (Å²) >= 11 is 0. The van der Waals surface area contributed by atoms with Gasteiger partial charge in [-0.05, 0) is 6.42 Å². The summed E-state index contributed by atoms with van der Waals surface area (Å²) in [5.41, 5.74) is 0. The van der Waals surface area contributed by atoms with E-state index in [0.717, 1.165) is 10.7 Å². The lowest BCUT2D eigenvalue weighted by Gasteiger charge is -2.20. The molecule has 6 nitrogen and oxygen atoms in total. The van der Waals surface area contributed by atoms with Crippen molar-refractivity contribution in [3.8, 4) is 0 Å². The molecule has 1 unspecified atom stereocenters. The molecule has 14 heavy (non-hydrogen) atoms. The maximum absolute atomic E-state index is 10.8. The Hall–Kier alpha value is -0.210. The summed E-state index contributed by atoms with van der Waals surface area (Å²) < 4.78 is 31.1. The first kappa shape index (κ1) is 13.8. The highest BCUT2D eigenvalue weighted by molar-refractivity contribution is 7.83. The Morgan fingerprint density at radius 2 is 2.00 bits per heavy atom. The van der Waals surface area contributed by atoms with Crippen molar-refractivity contribution in [2.45, 2.75) is 25.9 Å². The molecule has 1 atom stereocenters. The van der Waals surface area contributed by atoms with E-state index in [2.05, 4.69) is 0 Å². The molecule has 0 aliphatic carbocycles. The van der Waals surface area contributed by atoms with Gasteiger partial charge in [-0.15, -0.1) is 0 Å². The summed E-state index contributed by atoms with van der Waals surface area (Å²) in [6, 6.07) is 0. The average Bonchev–Trinajstić information content (AvgIpc) is 2.09. The van der Waals surface area contributed by atoms with Gasteiger partial charge in [-0.3, -0.25) is 4.55 Å². The van der Waals surface area contributed by atoms with Crippen LogP contribution < -0.4 is 0 Å². The number of rotatable bonds is 7. The fourth-order valence-electron chi connectivity index (χ4n) is 0.928. The maximum atomic E-state index is 10.8. The lowest BCUT2D eigenvalue weighted by atomic mass is 10.3. The number of hydrogen-bond acceptors (Lipinski definition) is 4. The molecule has 7 heteroatoms. The van der Waals surface area contributed by atoms with E-state index < -0.39 is 23.0 Å². The quantitative estimate of drug-likeness (QED) is 0.497. The van der Waals surface area contributed by atoms with E-state index in [9.17, 15) is 8.42 Å². The summed E-state index contributed by atoms with van der Waals surface area (Å²) in [5.74, 6) is 0. The molecule has 0 aromatic heterocycles. The normalized spacial score (nSPS) is 14.6. The molecule has 0 heterocycles. The molecule has 0 radical (unpaired) electrons. The second-order valence-corrected chi connectivity index (χ2v) is 4.44. The Balaban J connectivity index is 4.26. The highest BCUT2D eigenvalue weighted by atomic mass is 32.2. The van der Waals surface area contributed by atoms with Gasteiger partial charge in [-0.25, -0.2) is 0 Å². The van der Waals surface area contributed by atoms with Crippen molar-refractivity contribution < 1.29 is 23.2 Å². The third kappa shape index (κ3) is 5.51. The van der Waals surface area contributed by atoms with E-state index in [1.807, 2.05) is 6.92 Å². The molecule has 0 saturated carbocycles. The first-order valence-corrected chi connectivity index (χ1v) is 5.83. The molecule has 0 saturated heterocycles. The van der Waals surface area contributed by atoms with Crippen LogP contribution in [0.4, 0.5) is 0 Å². The van der Waals surface area contributed by atoms with Gasteiger partial charge in [-0.2, -0.15) is 12.7 Å². The zero-order valence-electron chi connectivity index (χ0n) is 8.13. The molecular formula is C7H17NO5S. The highest BCUT2D eigenvalue weighted by Crippen LogP contribution is 2.02. The first-order chi connectivity index (χ1) is 6.41. The minimum absolute atomic E-state index is 0.145. The minimum Gasteiger partial charge on any atom is -0.394 e. The molecule has 0 fully saturated rings. The van der Waals surface area contributed by atoms with E-state index in [0.29, 0.717) is 6.42 Å². The number of aliphatic hydroxyl groups is 2. The predicted molar refractivity (Wildman–Crippen MR) is 51.1 cm³/mol. The van der Waals surface area contributed by atoms with Crippen molar-refractivity contribution >= 4 is 10.3 Å². The van der Waals surface area contributed by atoms with Crippen LogP contribution in [0.2, 0.25) is 0 Å². The van der Waals surface area contributed by atoms with E-state index >= 15 is 0 Å². The molecule has 0 rings (SSSR count). The van der Waals surface area contributed by atoms with Gasteiger partial charge in [0.05, 0.1) is 12.7 Å². The molecule has 0 amide bonds. The summed E-state index contributed by atoms with van der Waals surface area (Å²) in [5, 5.41) is 17.5. The zero-order chi connectivity index (χ0) is 11.2. The summed E-state index contributed by atoms with van der Waals surface area (Å²) in [6.45, 7) is 1.21. The van der Waals surface area contributed by atoms with Crippen molar-refractivity contribution in [2.24, 2.45) is 0 Å². The Kier molecular flexibility index (Phi) is 6.21. The summed E-state index contributed by atoms with van der Waals surface area (Å²) in [6.07, 6.45) is 0.216. The SMILES string of the molecule is CCCCN(CC(O)CO)S(=O)(=O)O. The topological polar surface area (TPSA) is 98.1 Å². The summed E-state index contributed by atoms with van der Waals surface area (Å²) in [4.78, 5) is 0. The molecule has 0 bridgehead atoms. The highest BCUT2D eigenvalue weighted by Gasteiger charge is 2.20. The molecular weight excluding hydrogens is 210 g/mol. The third-order valence-corrected chi connectivity index (χ3v) is 2.70. The first-order valence-electron chi connectivity index (χ1n) is 4.43. The van der Waals surface area contributed by atoms with Crippen molar-refractivity contribution in [3.63, 3.8) is 0 Å². The minimum atomic E-state index is -4.28. The van der Waals surface area contributed by atoms with Crippen LogP contribution in [0, 0.1) is 0 Å². The van der Waals surface area contributed by atoms with E-state index in [-0.39, 0.29) is 13.1 Å². The van der Waals surface area contributed by atoms with Crippen molar-refractivity contribution in [1.82, 2.24) is 4.31 Å². The van der Waals surface area contributed by atoms with E-state index in [1.165, 1.54) is 0 Å². The Bertz CT molecular complexity index is 240. The van der Waals surface area contributed by atoms with Crippen LogP contribution in [-0.4, -0.2) is 53.3 Å². The van der Waals surface area contributed by atoms with Gasteiger partial charge >= 0.3 is 10.3 Å². The van der Waals surface area contributed by atoms with E-state index in [1.54, 1.807) is 0 Å². The Morgan fingerprint density at radius 1 is 1.43 bits per heavy atom. The van der Waals surface area contributed by atoms with Gasteiger partial charge in [-0.1, -0.05) is 13.3 Å². The predicted octanol–water partition coefficient (Wildman–Crippen LogP) is -0.755. The van der Waals surface area contributed by atoms with Crippen molar-refractivity contribution in [3.05, 3.63) is 0 Å². The monoisotopic (exact) mass is 227 g/mol. The van der Waals surface area contributed by atoms with Gasteiger partial charge < -0.3 is 10.2 Å². The largest absolute Gasteiger partial charge is 0.394 e.